The SMILES string of the molecule is COc1cccc(-c2c(-c3ccccc3)[nH]c3ccccc23)c1. The van der Waals surface area contributed by atoms with E-state index in [9.17, 15) is 0 Å². The van der Waals surface area contributed by atoms with Crippen molar-refractivity contribution >= 4 is 10.9 Å². The van der Waals surface area contributed by atoms with Crippen LogP contribution in [0, 0.1) is 0 Å². The maximum absolute atomic E-state index is 5.40. The highest BCUT2D eigenvalue weighted by atomic mass is 16.5. The van der Waals surface area contributed by atoms with E-state index >= 15 is 0 Å². The molecule has 0 aliphatic carbocycles. The summed E-state index contributed by atoms with van der Waals surface area (Å²) in [6.07, 6.45) is 0. The minimum atomic E-state index is 0.867. The van der Waals surface area contributed by atoms with Crippen LogP contribution in [-0.4, -0.2) is 12.1 Å². The van der Waals surface area contributed by atoms with Crippen LogP contribution in [0.2, 0.25) is 0 Å². The number of rotatable bonds is 3. The molecule has 0 fully saturated rings. The molecule has 0 bridgehead atoms. The molecular formula is C21H17NO. The summed E-state index contributed by atoms with van der Waals surface area (Å²) in [4.78, 5) is 3.58. The van der Waals surface area contributed by atoms with Crippen LogP contribution in [0.1, 0.15) is 0 Å². The lowest BCUT2D eigenvalue weighted by Crippen LogP contribution is -1.85. The van der Waals surface area contributed by atoms with Crippen LogP contribution >= 0.6 is 0 Å². The number of H-pyrrole nitrogens is 1. The fourth-order valence-corrected chi connectivity index (χ4v) is 3.04. The fraction of sp³-hybridized carbons (Fsp3) is 0.0476. The minimum absolute atomic E-state index is 0.867. The van der Waals surface area contributed by atoms with Crippen LogP contribution in [0.4, 0.5) is 0 Å². The first-order chi connectivity index (χ1) is 11.4. The summed E-state index contributed by atoms with van der Waals surface area (Å²) in [5.74, 6) is 0.867. The van der Waals surface area contributed by atoms with Gasteiger partial charge in [-0.3, -0.25) is 0 Å². The standard InChI is InChI=1S/C21H17NO/c1-23-17-11-7-10-16(14-17)20-18-12-5-6-13-19(18)22-21(20)15-8-3-2-4-9-15/h2-14,22H,1H3. The Morgan fingerprint density at radius 3 is 2.30 bits per heavy atom. The number of para-hydroxylation sites is 1. The van der Waals surface area contributed by atoms with E-state index in [1.54, 1.807) is 7.11 Å². The van der Waals surface area contributed by atoms with Gasteiger partial charge in [0.1, 0.15) is 5.75 Å². The van der Waals surface area contributed by atoms with E-state index in [-0.39, 0.29) is 0 Å². The molecule has 2 heteroatoms. The maximum atomic E-state index is 5.40. The number of ether oxygens (including phenoxy) is 1. The summed E-state index contributed by atoms with van der Waals surface area (Å²) in [6, 6.07) is 27.1. The number of fused-ring (bicyclic) bond motifs is 1. The van der Waals surface area contributed by atoms with Crippen molar-refractivity contribution in [3.63, 3.8) is 0 Å². The third-order valence-electron chi connectivity index (χ3n) is 4.13. The molecule has 3 aromatic carbocycles. The molecule has 1 aromatic heterocycles. The van der Waals surface area contributed by atoms with Gasteiger partial charge in [-0.25, -0.2) is 0 Å². The van der Waals surface area contributed by atoms with Gasteiger partial charge in [0.2, 0.25) is 0 Å². The number of aromatic nitrogens is 1. The first kappa shape index (κ1) is 13.6. The number of methoxy groups -OCH3 is 1. The van der Waals surface area contributed by atoms with Gasteiger partial charge >= 0.3 is 0 Å². The highest BCUT2D eigenvalue weighted by Gasteiger charge is 2.14. The molecule has 0 atom stereocenters. The molecule has 0 aliphatic heterocycles. The third kappa shape index (κ3) is 2.38. The van der Waals surface area contributed by atoms with Crippen LogP contribution in [0.15, 0.2) is 78.9 Å². The van der Waals surface area contributed by atoms with Crippen molar-refractivity contribution in [2.24, 2.45) is 0 Å². The van der Waals surface area contributed by atoms with Gasteiger partial charge in [0.25, 0.3) is 0 Å². The zero-order valence-corrected chi connectivity index (χ0v) is 12.9. The monoisotopic (exact) mass is 299 g/mol. The van der Waals surface area contributed by atoms with Crippen molar-refractivity contribution in [2.75, 3.05) is 7.11 Å². The van der Waals surface area contributed by atoms with Gasteiger partial charge in [0, 0.05) is 16.5 Å². The molecular weight excluding hydrogens is 282 g/mol. The van der Waals surface area contributed by atoms with E-state index in [4.69, 9.17) is 4.74 Å². The van der Waals surface area contributed by atoms with Crippen LogP contribution < -0.4 is 4.74 Å². The van der Waals surface area contributed by atoms with Crippen LogP contribution in [0.5, 0.6) is 5.75 Å². The average Bonchev–Trinajstić information content (AvgIpc) is 3.02. The first-order valence-corrected chi connectivity index (χ1v) is 7.67. The van der Waals surface area contributed by atoms with Crippen molar-refractivity contribution in [1.29, 1.82) is 0 Å². The van der Waals surface area contributed by atoms with Crippen molar-refractivity contribution in [1.82, 2.24) is 4.98 Å². The molecule has 4 aromatic rings. The Balaban J connectivity index is 2.03. The topological polar surface area (TPSA) is 25.0 Å². The van der Waals surface area contributed by atoms with Crippen molar-refractivity contribution in [2.45, 2.75) is 0 Å². The van der Waals surface area contributed by atoms with Crippen molar-refractivity contribution in [3.8, 4) is 28.1 Å². The summed E-state index contributed by atoms with van der Waals surface area (Å²) in [7, 11) is 1.70. The Morgan fingerprint density at radius 1 is 0.739 bits per heavy atom. The van der Waals surface area contributed by atoms with E-state index in [1.165, 1.54) is 16.5 Å². The highest BCUT2D eigenvalue weighted by Crippen LogP contribution is 2.39. The second kappa shape index (κ2) is 5.65. The van der Waals surface area contributed by atoms with Crippen LogP contribution in [-0.2, 0) is 0 Å². The molecule has 1 N–H and O–H groups in total. The van der Waals surface area contributed by atoms with E-state index in [0.717, 1.165) is 22.5 Å². The predicted molar refractivity (Wildman–Crippen MR) is 95.7 cm³/mol. The second-order valence-corrected chi connectivity index (χ2v) is 5.52. The van der Waals surface area contributed by atoms with Gasteiger partial charge in [-0.2, -0.15) is 0 Å². The molecule has 0 saturated carbocycles. The van der Waals surface area contributed by atoms with Gasteiger partial charge in [-0.15, -0.1) is 0 Å². The molecule has 0 unspecified atom stereocenters. The molecule has 2 nitrogen and oxygen atoms in total. The zero-order chi connectivity index (χ0) is 15.6. The molecule has 0 spiro atoms. The summed E-state index contributed by atoms with van der Waals surface area (Å²) in [5.41, 5.74) is 5.83. The molecule has 0 amide bonds. The lowest BCUT2D eigenvalue weighted by atomic mass is 9.98. The largest absolute Gasteiger partial charge is 0.497 e. The van der Waals surface area contributed by atoms with Gasteiger partial charge in [-0.1, -0.05) is 60.7 Å². The normalized spacial score (nSPS) is 10.8. The fourth-order valence-electron chi connectivity index (χ4n) is 3.04. The average molecular weight is 299 g/mol. The molecule has 112 valence electrons. The third-order valence-corrected chi connectivity index (χ3v) is 4.13. The van der Waals surface area contributed by atoms with Gasteiger partial charge in [-0.05, 0) is 29.3 Å². The summed E-state index contributed by atoms with van der Waals surface area (Å²) in [6.45, 7) is 0. The van der Waals surface area contributed by atoms with Crippen LogP contribution in [0.3, 0.4) is 0 Å². The quantitative estimate of drug-likeness (QED) is 0.530. The Bertz CT molecular complexity index is 954. The highest BCUT2D eigenvalue weighted by molar-refractivity contribution is 6.03. The number of benzene rings is 3. The summed E-state index contributed by atoms with van der Waals surface area (Å²) < 4.78 is 5.40. The maximum Gasteiger partial charge on any atom is 0.119 e. The lowest BCUT2D eigenvalue weighted by Gasteiger charge is -2.07. The van der Waals surface area contributed by atoms with Crippen molar-refractivity contribution < 1.29 is 4.74 Å². The second-order valence-electron chi connectivity index (χ2n) is 5.52. The van der Waals surface area contributed by atoms with E-state index in [0.29, 0.717) is 0 Å². The molecule has 1 heterocycles. The lowest BCUT2D eigenvalue weighted by molar-refractivity contribution is 0.415. The van der Waals surface area contributed by atoms with E-state index in [1.807, 2.05) is 18.2 Å². The van der Waals surface area contributed by atoms with Crippen LogP contribution in [0.25, 0.3) is 33.3 Å². The molecule has 4 rings (SSSR count). The van der Waals surface area contributed by atoms with Gasteiger partial charge in [0.15, 0.2) is 0 Å². The smallest absolute Gasteiger partial charge is 0.119 e. The number of hydrogen-bond acceptors (Lipinski definition) is 1. The molecule has 0 aliphatic rings. The molecule has 0 radical (unpaired) electrons. The molecule has 0 saturated heterocycles. The Labute approximate surface area is 135 Å². The van der Waals surface area contributed by atoms with E-state index < -0.39 is 0 Å². The number of hydrogen-bond donors (Lipinski definition) is 1. The minimum Gasteiger partial charge on any atom is -0.497 e. The zero-order valence-electron chi connectivity index (χ0n) is 12.9. The molecule has 23 heavy (non-hydrogen) atoms. The van der Waals surface area contributed by atoms with Crippen molar-refractivity contribution in [3.05, 3.63) is 78.9 Å². The van der Waals surface area contributed by atoms with E-state index in [2.05, 4.69) is 65.6 Å². The Morgan fingerprint density at radius 2 is 1.48 bits per heavy atom. The first-order valence-electron chi connectivity index (χ1n) is 7.67. The Hall–Kier alpha value is -3.00. The number of nitrogens with one attached hydrogen (secondary N) is 1. The Kier molecular flexibility index (Phi) is 3.35. The van der Waals surface area contributed by atoms with Gasteiger partial charge < -0.3 is 9.72 Å². The number of aromatic amines is 1. The summed E-state index contributed by atoms with van der Waals surface area (Å²) >= 11 is 0. The van der Waals surface area contributed by atoms with Gasteiger partial charge in [0.05, 0.1) is 12.8 Å². The predicted octanol–water partition coefficient (Wildman–Crippen LogP) is 5.51. The summed E-state index contributed by atoms with van der Waals surface area (Å²) in [5, 5.41) is 1.22.